The van der Waals surface area contributed by atoms with Crippen LogP contribution in [0.25, 0.3) is 0 Å². The second kappa shape index (κ2) is 5.33. The number of benzene rings is 1. The number of aldehydes is 1. The van der Waals surface area contributed by atoms with Crippen LogP contribution in [0.2, 0.25) is 0 Å². The molecule has 1 N–H and O–H groups in total. The normalized spacial score (nSPS) is 10.4. The van der Waals surface area contributed by atoms with Crippen molar-refractivity contribution in [1.29, 1.82) is 0 Å². The molecule has 0 aliphatic rings. The van der Waals surface area contributed by atoms with Crippen LogP contribution in [0.3, 0.4) is 0 Å². The van der Waals surface area contributed by atoms with Crippen LogP contribution in [0.5, 0.6) is 5.75 Å². The molecule has 0 aliphatic carbocycles. The topological polar surface area (TPSA) is 63.6 Å². The maximum atomic E-state index is 13.5. The largest absolute Gasteiger partial charge is 0.481 e. The number of carboxylic acid groups (broad SMARTS) is 1. The number of aliphatic carboxylic acids is 1. The lowest BCUT2D eigenvalue weighted by atomic mass is 10.0. The van der Waals surface area contributed by atoms with Gasteiger partial charge in [0.25, 0.3) is 0 Å². The van der Waals surface area contributed by atoms with Gasteiger partial charge in [0, 0.05) is 0 Å². The van der Waals surface area contributed by atoms with E-state index < -0.39 is 36.1 Å². The molecule has 0 aromatic heterocycles. The molecule has 0 saturated carbocycles. The third-order valence-corrected chi connectivity index (χ3v) is 1.91. The smallest absolute Gasteiger partial charge is 0.387 e. The molecular weight excluding hydrogens is 241 g/mol. The third-order valence-electron chi connectivity index (χ3n) is 1.91. The second-order valence-corrected chi connectivity index (χ2v) is 3.02. The van der Waals surface area contributed by atoms with Gasteiger partial charge < -0.3 is 9.84 Å². The molecule has 0 atom stereocenters. The van der Waals surface area contributed by atoms with Crippen molar-refractivity contribution in [3.05, 3.63) is 29.1 Å². The Bertz CT molecular complexity index is 445. The van der Waals surface area contributed by atoms with Crippen LogP contribution in [-0.4, -0.2) is 24.0 Å². The number of hydrogen-bond acceptors (Lipinski definition) is 3. The number of hydrogen-bond donors (Lipinski definition) is 1. The Hall–Kier alpha value is -2.05. The molecule has 92 valence electrons. The second-order valence-electron chi connectivity index (χ2n) is 3.02. The van der Waals surface area contributed by atoms with Crippen LogP contribution in [0.15, 0.2) is 12.1 Å². The molecule has 0 fully saturated rings. The van der Waals surface area contributed by atoms with Crippen molar-refractivity contribution in [2.75, 3.05) is 0 Å². The molecule has 0 saturated heterocycles. The van der Waals surface area contributed by atoms with Gasteiger partial charge in [-0.15, -0.1) is 0 Å². The first-order chi connectivity index (χ1) is 7.95. The number of halogens is 3. The van der Waals surface area contributed by atoms with Crippen molar-refractivity contribution in [2.45, 2.75) is 13.0 Å². The summed E-state index contributed by atoms with van der Waals surface area (Å²) in [7, 11) is 0. The molecule has 1 aromatic carbocycles. The highest BCUT2D eigenvalue weighted by molar-refractivity contribution is 5.82. The molecule has 17 heavy (non-hydrogen) atoms. The van der Waals surface area contributed by atoms with Crippen molar-refractivity contribution in [2.24, 2.45) is 0 Å². The van der Waals surface area contributed by atoms with E-state index in [0.29, 0.717) is 0 Å². The molecule has 1 rings (SSSR count). The maximum Gasteiger partial charge on any atom is 0.387 e. The van der Waals surface area contributed by atoms with Crippen LogP contribution in [0.1, 0.15) is 15.9 Å². The maximum absolute atomic E-state index is 13.5. The Morgan fingerprint density at radius 2 is 2.12 bits per heavy atom. The molecule has 0 radical (unpaired) electrons. The summed E-state index contributed by atoms with van der Waals surface area (Å²) in [4.78, 5) is 21.0. The summed E-state index contributed by atoms with van der Waals surface area (Å²) in [5, 5.41) is 8.50. The zero-order valence-corrected chi connectivity index (χ0v) is 8.32. The Morgan fingerprint density at radius 3 is 2.59 bits per heavy atom. The average molecular weight is 248 g/mol. The Labute approximate surface area is 93.6 Å². The number of carbonyl (C=O) groups is 2. The van der Waals surface area contributed by atoms with Crippen LogP contribution in [0.4, 0.5) is 13.2 Å². The summed E-state index contributed by atoms with van der Waals surface area (Å²) >= 11 is 0. The lowest BCUT2D eigenvalue weighted by Crippen LogP contribution is -2.09. The fourth-order valence-electron chi connectivity index (χ4n) is 1.24. The van der Waals surface area contributed by atoms with Gasteiger partial charge in [-0.3, -0.25) is 9.59 Å². The van der Waals surface area contributed by atoms with Gasteiger partial charge in [-0.05, 0) is 11.6 Å². The minimum absolute atomic E-state index is 0.0614. The van der Waals surface area contributed by atoms with Crippen LogP contribution in [-0.2, 0) is 11.2 Å². The SMILES string of the molecule is O=Cc1c(CC(=O)O)ccc(OC(F)F)c1F. The van der Waals surface area contributed by atoms with Gasteiger partial charge in [-0.1, -0.05) is 6.07 Å². The fourth-order valence-corrected chi connectivity index (χ4v) is 1.24. The zero-order valence-electron chi connectivity index (χ0n) is 8.32. The van der Waals surface area contributed by atoms with E-state index in [4.69, 9.17) is 5.11 Å². The molecule has 0 aliphatic heterocycles. The van der Waals surface area contributed by atoms with E-state index in [9.17, 15) is 22.8 Å². The first-order valence-electron chi connectivity index (χ1n) is 4.39. The predicted octanol–water partition coefficient (Wildman–Crippen LogP) is 1.87. The molecule has 4 nitrogen and oxygen atoms in total. The van der Waals surface area contributed by atoms with Gasteiger partial charge in [0.2, 0.25) is 0 Å². The minimum Gasteiger partial charge on any atom is -0.481 e. The van der Waals surface area contributed by atoms with Crippen LogP contribution < -0.4 is 4.74 Å². The lowest BCUT2D eigenvalue weighted by molar-refractivity contribution is -0.136. The number of alkyl halides is 2. The number of ether oxygens (including phenoxy) is 1. The summed E-state index contributed by atoms with van der Waals surface area (Å²) in [5.41, 5.74) is -0.697. The summed E-state index contributed by atoms with van der Waals surface area (Å²) in [5.74, 6) is -3.36. The number of carboxylic acids is 1. The average Bonchev–Trinajstić information content (AvgIpc) is 2.21. The summed E-state index contributed by atoms with van der Waals surface area (Å²) in [6.45, 7) is -3.23. The van der Waals surface area contributed by atoms with E-state index in [-0.39, 0.29) is 11.8 Å². The first kappa shape index (κ1) is 13.0. The number of carbonyl (C=O) groups excluding carboxylic acids is 1. The van der Waals surface area contributed by atoms with Gasteiger partial charge in [0.15, 0.2) is 17.9 Å². The summed E-state index contributed by atoms with van der Waals surface area (Å²) < 4.78 is 41.0. The van der Waals surface area contributed by atoms with Crippen molar-refractivity contribution in [3.63, 3.8) is 0 Å². The van der Waals surface area contributed by atoms with E-state index in [0.717, 1.165) is 12.1 Å². The van der Waals surface area contributed by atoms with E-state index in [2.05, 4.69) is 4.74 Å². The van der Waals surface area contributed by atoms with E-state index in [1.54, 1.807) is 0 Å². The highest BCUT2D eigenvalue weighted by Gasteiger charge is 2.17. The Balaban J connectivity index is 3.17. The van der Waals surface area contributed by atoms with E-state index in [1.807, 2.05) is 0 Å². The van der Waals surface area contributed by atoms with Gasteiger partial charge in [0.1, 0.15) is 0 Å². The monoisotopic (exact) mass is 248 g/mol. The lowest BCUT2D eigenvalue weighted by Gasteiger charge is -2.09. The molecule has 0 unspecified atom stereocenters. The van der Waals surface area contributed by atoms with Crippen molar-refractivity contribution in [3.8, 4) is 5.75 Å². The standard InChI is InChI=1S/C10H7F3O4/c11-9-6(4-14)5(3-8(15)16)1-2-7(9)17-10(12)13/h1-2,4,10H,3H2,(H,15,16). The first-order valence-corrected chi connectivity index (χ1v) is 4.39. The zero-order chi connectivity index (χ0) is 13.0. The summed E-state index contributed by atoms with van der Waals surface area (Å²) in [6, 6.07) is 1.91. The quantitative estimate of drug-likeness (QED) is 0.808. The van der Waals surface area contributed by atoms with Crippen LogP contribution >= 0.6 is 0 Å². The molecule has 7 heteroatoms. The highest BCUT2D eigenvalue weighted by Crippen LogP contribution is 2.24. The molecular formula is C10H7F3O4. The molecule has 0 spiro atoms. The van der Waals surface area contributed by atoms with E-state index >= 15 is 0 Å². The van der Waals surface area contributed by atoms with Gasteiger partial charge in [-0.2, -0.15) is 8.78 Å². The predicted molar refractivity (Wildman–Crippen MR) is 49.8 cm³/mol. The van der Waals surface area contributed by atoms with Crippen LogP contribution in [0, 0.1) is 5.82 Å². The Morgan fingerprint density at radius 1 is 1.47 bits per heavy atom. The van der Waals surface area contributed by atoms with Gasteiger partial charge >= 0.3 is 12.6 Å². The third kappa shape index (κ3) is 3.20. The fraction of sp³-hybridized carbons (Fsp3) is 0.200. The summed E-state index contributed by atoms with van der Waals surface area (Å²) in [6.07, 6.45) is -0.522. The molecule has 0 heterocycles. The highest BCUT2D eigenvalue weighted by atomic mass is 19.3. The minimum atomic E-state index is -3.23. The Kier molecular flexibility index (Phi) is 4.08. The molecule has 0 amide bonds. The van der Waals surface area contributed by atoms with E-state index in [1.165, 1.54) is 0 Å². The molecule has 1 aromatic rings. The van der Waals surface area contributed by atoms with Crippen molar-refractivity contribution >= 4 is 12.3 Å². The van der Waals surface area contributed by atoms with Gasteiger partial charge in [-0.25, -0.2) is 4.39 Å². The number of rotatable bonds is 5. The van der Waals surface area contributed by atoms with Gasteiger partial charge in [0.05, 0.1) is 12.0 Å². The molecule has 0 bridgehead atoms. The van der Waals surface area contributed by atoms with Crippen molar-refractivity contribution in [1.82, 2.24) is 0 Å². The van der Waals surface area contributed by atoms with Crippen molar-refractivity contribution < 1.29 is 32.6 Å².